The molecule has 226 valence electrons. The number of benzene rings is 3. The van der Waals surface area contributed by atoms with E-state index in [-0.39, 0.29) is 17.1 Å². The molecule has 3 aromatic carbocycles. The molecule has 11 heteroatoms. The molecular formula is C31H37Cl2N3O5S. The highest BCUT2D eigenvalue weighted by Crippen LogP contribution is 2.29. The second kappa shape index (κ2) is 13.8. The molecule has 1 N–H and O–H groups in total. The lowest BCUT2D eigenvalue weighted by Crippen LogP contribution is -2.54. The van der Waals surface area contributed by atoms with Crippen LogP contribution in [0.1, 0.15) is 45.7 Å². The van der Waals surface area contributed by atoms with E-state index in [0.29, 0.717) is 28.0 Å². The first-order valence-corrected chi connectivity index (χ1v) is 15.7. The van der Waals surface area contributed by atoms with E-state index in [2.05, 4.69) is 5.32 Å². The number of halogens is 2. The molecule has 0 unspecified atom stereocenters. The van der Waals surface area contributed by atoms with Crippen molar-refractivity contribution < 1.29 is 22.7 Å². The quantitative estimate of drug-likeness (QED) is 0.270. The Labute approximate surface area is 258 Å². The summed E-state index contributed by atoms with van der Waals surface area (Å²) < 4.78 is 34.5. The molecule has 3 rings (SSSR count). The van der Waals surface area contributed by atoms with Crippen molar-refractivity contribution in [1.82, 2.24) is 10.2 Å². The van der Waals surface area contributed by atoms with Crippen LogP contribution in [0.3, 0.4) is 0 Å². The maximum absolute atomic E-state index is 14.1. The van der Waals surface area contributed by atoms with Crippen molar-refractivity contribution >= 4 is 50.7 Å². The van der Waals surface area contributed by atoms with Crippen LogP contribution in [0.2, 0.25) is 10.0 Å². The normalized spacial score (nSPS) is 12.4. The summed E-state index contributed by atoms with van der Waals surface area (Å²) in [6.07, 6.45) is 0. The lowest BCUT2D eigenvalue weighted by Gasteiger charge is -2.34. The number of carbonyl (C=O) groups is 2. The van der Waals surface area contributed by atoms with Gasteiger partial charge in [0.25, 0.3) is 10.0 Å². The molecule has 0 heterocycles. The third kappa shape index (κ3) is 8.40. The number of anilines is 1. The second-order valence-electron chi connectivity index (χ2n) is 10.9. The number of sulfonamides is 1. The summed E-state index contributed by atoms with van der Waals surface area (Å²) in [5.74, 6) is -0.470. The minimum absolute atomic E-state index is 0.0222. The van der Waals surface area contributed by atoms with Crippen LogP contribution in [-0.4, -0.2) is 49.9 Å². The Kier molecular flexibility index (Phi) is 10.9. The van der Waals surface area contributed by atoms with Crippen LogP contribution < -0.4 is 14.4 Å². The van der Waals surface area contributed by atoms with Gasteiger partial charge in [-0.25, -0.2) is 8.42 Å². The highest BCUT2D eigenvalue weighted by Gasteiger charge is 2.34. The van der Waals surface area contributed by atoms with Crippen molar-refractivity contribution in [3.05, 3.63) is 87.9 Å². The van der Waals surface area contributed by atoms with E-state index in [4.69, 9.17) is 27.9 Å². The molecule has 1 atom stereocenters. The molecule has 42 heavy (non-hydrogen) atoms. The molecule has 8 nitrogen and oxygen atoms in total. The number of hydrogen-bond donors (Lipinski definition) is 1. The molecule has 3 aromatic rings. The number of aryl methyl sites for hydroxylation is 1. The Morgan fingerprint density at radius 1 is 0.952 bits per heavy atom. The van der Waals surface area contributed by atoms with Gasteiger partial charge in [-0.05, 0) is 90.1 Å². The number of nitrogens with zero attached hydrogens (tertiary/aromatic N) is 2. The summed E-state index contributed by atoms with van der Waals surface area (Å²) >= 11 is 12.9. The van der Waals surface area contributed by atoms with Crippen molar-refractivity contribution in [3.8, 4) is 5.75 Å². The predicted molar refractivity (Wildman–Crippen MR) is 168 cm³/mol. The number of ether oxygens (including phenoxy) is 1. The van der Waals surface area contributed by atoms with Gasteiger partial charge in [-0.2, -0.15) is 0 Å². The fourth-order valence-corrected chi connectivity index (χ4v) is 6.08. The maximum atomic E-state index is 14.1. The molecule has 0 saturated heterocycles. The zero-order valence-electron chi connectivity index (χ0n) is 24.6. The van der Waals surface area contributed by atoms with Crippen molar-refractivity contribution in [2.75, 3.05) is 17.5 Å². The van der Waals surface area contributed by atoms with Crippen LogP contribution in [-0.2, 0) is 26.2 Å². The van der Waals surface area contributed by atoms with Crippen LogP contribution >= 0.6 is 23.2 Å². The highest BCUT2D eigenvalue weighted by molar-refractivity contribution is 7.92. The summed E-state index contributed by atoms with van der Waals surface area (Å²) in [4.78, 5) is 28.7. The molecule has 0 bridgehead atoms. The standard InChI is InChI=1S/C31H37Cl2N3O5S/c1-7-41-24-15-13-23(14-16-24)36(42(39,40)25-17-11-21(2)12-18-25)20-29(37)35(22(3)30(38)34-31(4,5)6)19-26-27(32)9-8-10-28(26)33/h8-18,22H,7,19-20H2,1-6H3,(H,34,38)/t22-/m0/s1. The Morgan fingerprint density at radius 3 is 2.05 bits per heavy atom. The Balaban J connectivity index is 2.08. The molecule has 0 aliphatic rings. The van der Waals surface area contributed by atoms with Gasteiger partial charge in [0.1, 0.15) is 18.3 Å². The monoisotopic (exact) mass is 633 g/mol. The van der Waals surface area contributed by atoms with Crippen LogP contribution in [0.25, 0.3) is 0 Å². The molecule has 2 amide bonds. The Hall–Kier alpha value is -3.27. The average molecular weight is 635 g/mol. The summed E-state index contributed by atoms with van der Waals surface area (Å²) in [6, 6.07) is 16.8. The van der Waals surface area contributed by atoms with E-state index in [1.807, 2.05) is 34.6 Å². The average Bonchev–Trinajstić information content (AvgIpc) is 2.91. The highest BCUT2D eigenvalue weighted by atomic mass is 35.5. The number of hydrogen-bond acceptors (Lipinski definition) is 5. The number of amides is 2. The predicted octanol–water partition coefficient (Wildman–Crippen LogP) is 6.23. The third-order valence-corrected chi connectivity index (χ3v) is 8.88. The first-order valence-electron chi connectivity index (χ1n) is 13.5. The zero-order valence-corrected chi connectivity index (χ0v) is 27.0. The van der Waals surface area contributed by atoms with Crippen LogP contribution in [0, 0.1) is 6.92 Å². The summed E-state index contributed by atoms with van der Waals surface area (Å²) in [6.45, 7) is 10.5. The van der Waals surface area contributed by atoms with Crippen molar-refractivity contribution in [3.63, 3.8) is 0 Å². The molecule has 0 aliphatic carbocycles. The smallest absolute Gasteiger partial charge is 0.264 e. The van der Waals surface area contributed by atoms with E-state index in [9.17, 15) is 18.0 Å². The fourth-order valence-electron chi connectivity index (χ4n) is 4.15. The second-order valence-corrected chi connectivity index (χ2v) is 13.6. The molecule has 0 saturated carbocycles. The van der Waals surface area contributed by atoms with E-state index in [1.54, 1.807) is 61.5 Å². The zero-order chi connectivity index (χ0) is 31.2. The number of carbonyl (C=O) groups excluding carboxylic acids is 2. The first-order chi connectivity index (χ1) is 19.6. The van der Waals surface area contributed by atoms with Crippen LogP contribution in [0.4, 0.5) is 5.69 Å². The van der Waals surface area contributed by atoms with Gasteiger partial charge in [-0.3, -0.25) is 13.9 Å². The molecule has 0 radical (unpaired) electrons. The van der Waals surface area contributed by atoms with Gasteiger partial charge >= 0.3 is 0 Å². The Bertz CT molecular complexity index is 1480. The molecule has 0 fully saturated rings. The van der Waals surface area contributed by atoms with Crippen LogP contribution in [0.5, 0.6) is 5.75 Å². The lowest BCUT2D eigenvalue weighted by atomic mass is 10.1. The van der Waals surface area contributed by atoms with Gasteiger partial charge in [0.15, 0.2) is 0 Å². The third-order valence-electron chi connectivity index (χ3n) is 6.38. The molecule has 0 spiro atoms. The van der Waals surface area contributed by atoms with Gasteiger partial charge in [-0.15, -0.1) is 0 Å². The molecule has 0 aliphatic heterocycles. The minimum atomic E-state index is -4.20. The maximum Gasteiger partial charge on any atom is 0.264 e. The largest absolute Gasteiger partial charge is 0.494 e. The van der Waals surface area contributed by atoms with E-state index >= 15 is 0 Å². The van der Waals surface area contributed by atoms with Gasteiger partial charge in [-0.1, -0.05) is 47.0 Å². The first kappa shape index (κ1) is 33.2. The van der Waals surface area contributed by atoms with Crippen molar-refractivity contribution in [2.24, 2.45) is 0 Å². The van der Waals surface area contributed by atoms with Gasteiger partial charge in [0, 0.05) is 27.7 Å². The summed E-state index contributed by atoms with van der Waals surface area (Å²) in [5, 5.41) is 3.53. The number of nitrogens with one attached hydrogen (secondary N) is 1. The topological polar surface area (TPSA) is 96.0 Å². The Morgan fingerprint density at radius 2 is 1.52 bits per heavy atom. The van der Waals surface area contributed by atoms with Crippen LogP contribution in [0.15, 0.2) is 71.6 Å². The van der Waals surface area contributed by atoms with Crippen molar-refractivity contribution in [1.29, 1.82) is 0 Å². The van der Waals surface area contributed by atoms with Gasteiger partial charge in [0.2, 0.25) is 11.8 Å². The summed E-state index contributed by atoms with van der Waals surface area (Å²) in [5.41, 5.74) is 1.03. The van der Waals surface area contributed by atoms with Crippen molar-refractivity contribution in [2.45, 2.75) is 64.6 Å². The summed E-state index contributed by atoms with van der Waals surface area (Å²) in [7, 11) is -4.20. The number of rotatable bonds is 11. The van der Waals surface area contributed by atoms with E-state index in [0.717, 1.165) is 9.87 Å². The molecular weight excluding hydrogens is 597 g/mol. The minimum Gasteiger partial charge on any atom is -0.494 e. The van der Waals surface area contributed by atoms with E-state index in [1.165, 1.54) is 17.0 Å². The van der Waals surface area contributed by atoms with Gasteiger partial charge < -0.3 is 15.0 Å². The van der Waals surface area contributed by atoms with E-state index < -0.39 is 40.0 Å². The lowest BCUT2D eigenvalue weighted by molar-refractivity contribution is -0.140. The van der Waals surface area contributed by atoms with Gasteiger partial charge in [0.05, 0.1) is 17.2 Å². The molecule has 0 aromatic heterocycles. The SMILES string of the molecule is CCOc1ccc(N(CC(=O)N(Cc2c(Cl)cccc2Cl)[C@@H](C)C(=O)NC(C)(C)C)S(=O)(=O)c2ccc(C)cc2)cc1. The fraction of sp³-hybridized carbons (Fsp3) is 0.355.